The summed E-state index contributed by atoms with van der Waals surface area (Å²) in [6.07, 6.45) is 0. The Morgan fingerprint density at radius 2 is 1.78 bits per heavy atom. The maximum atomic E-state index is 11.8. The number of rotatable bonds is 8. The summed E-state index contributed by atoms with van der Waals surface area (Å²) in [5, 5.41) is 3.40. The van der Waals surface area contributed by atoms with E-state index >= 15 is 0 Å². The minimum atomic E-state index is 0.116. The summed E-state index contributed by atoms with van der Waals surface area (Å²) in [5.41, 5.74) is 1.26. The standard InChI is InChI=1S/C14H28N2OS/c1-7-16(8-2)13(17)11-18-10-12(3)9-15-14(4,5)6/h15H,3,7-11H2,1-2,4-6H3. The summed E-state index contributed by atoms with van der Waals surface area (Å²) in [5.74, 6) is 1.62. The zero-order chi connectivity index (χ0) is 14.2. The quantitative estimate of drug-likeness (QED) is 0.689. The van der Waals surface area contributed by atoms with Crippen molar-refractivity contribution in [2.24, 2.45) is 0 Å². The third-order valence-electron chi connectivity index (χ3n) is 2.52. The third kappa shape index (κ3) is 8.59. The lowest BCUT2D eigenvalue weighted by molar-refractivity contribution is -0.127. The number of amides is 1. The van der Waals surface area contributed by atoms with Crippen LogP contribution in [0.5, 0.6) is 0 Å². The summed E-state index contributed by atoms with van der Waals surface area (Å²) < 4.78 is 0. The van der Waals surface area contributed by atoms with Crippen LogP contribution in [0, 0.1) is 0 Å². The molecule has 1 amide bonds. The fourth-order valence-electron chi connectivity index (χ4n) is 1.39. The normalized spacial score (nSPS) is 11.4. The smallest absolute Gasteiger partial charge is 0.232 e. The molecule has 0 heterocycles. The van der Waals surface area contributed by atoms with E-state index in [1.165, 1.54) is 0 Å². The SMILES string of the molecule is C=C(CNC(C)(C)C)CSCC(=O)N(CC)CC. The summed E-state index contributed by atoms with van der Waals surface area (Å²) in [6.45, 7) is 16.9. The maximum Gasteiger partial charge on any atom is 0.232 e. The van der Waals surface area contributed by atoms with E-state index in [9.17, 15) is 4.79 Å². The molecule has 0 aromatic carbocycles. The first kappa shape index (κ1) is 17.5. The molecular weight excluding hydrogens is 244 g/mol. The molecule has 0 saturated carbocycles. The predicted molar refractivity (Wildman–Crippen MR) is 82.1 cm³/mol. The van der Waals surface area contributed by atoms with Crippen molar-refractivity contribution in [2.45, 2.75) is 40.2 Å². The van der Waals surface area contributed by atoms with Crippen LogP contribution in [-0.4, -0.2) is 47.5 Å². The Morgan fingerprint density at radius 3 is 2.22 bits per heavy atom. The molecule has 0 fully saturated rings. The van der Waals surface area contributed by atoms with Gasteiger partial charge in [-0.3, -0.25) is 4.79 Å². The van der Waals surface area contributed by atoms with E-state index in [2.05, 4.69) is 32.7 Å². The molecule has 0 radical (unpaired) electrons. The Bertz CT molecular complexity index is 267. The van der Waals surface area contributed by atoms with Gasteiger partial charge in [0.05, 0.1) is 5.75 Å². The van der Waals surface area contributed by atoms with Gasteiger partial charge in [0.25, 0.3) is 0 Å². The Hall–Kier alpha value is -0.480. The molecule has 106 valence electrons. The predicted octanol–water partition coefficient (Wildman–Crippen LogP) is 2.53. The Morgan fingerprint density at radius 1 is 1.22 bits per heavy atom. The van der Waals surface area contributed by atoms with Gasteiger partial charge in [0, 0.05) is 30.9 Å². The van der Waals surface area contributed by atoms with Crippen LogP contribution in [0.3, 0.4) is 0 Å². The summed E-state index contributed by atoms with van der Waals surface area (Å²) in [7, 11) is 0. The molecule has 0 rings (SSSR count). The van der Waals surface area contributed by atoms with Crippen molar-refractivity contribution in [1.82, 2.24) is 10.2 Å². The molecule has 0 aliphatic carbocycles. The van der Waals surface area contributed by atoms with Crippen molar-refractivity contribution in [2.75, 3.05) is 31.1 Å². The highest BCUT2D eigenvalue weighted by Gasteiger charge is 2.11. The number of carbonyl (C=O) groups is 1. The number of hydrogen-bond donors (Lipinski definition) is 1. The van der Waals surface area contributed by atoms with E-state index in [0.717, 1.165) is 31.0 Å². The average molecular weight is 272 g/mol. The van der Waals surface area contributed by atoms with E-state index in [-0.39, 0.29) is 11.4 Å². The van der Waals surface area contributed by atoms with Crippen molar-refractivity contribution in [3.05, 3.63) is 12.2 Å². The van der Waals surface area contributed by atoms with E-state index in [0.29, 0.717) is 5.75 Å². The number of hydrogen-bond acceptors (Lipinski definition) is 3. The largest absolute Gasteiger partial charge is 0.343 e. The molecule has 0 saturated heterocycles. The van der Waals surface area contributed by atoms with Gasteiger partial charge in [0.1, 0.15) is 0 Å². The summed E-state index contributed by atoms with van der Waals surface area (Å²) >= 11 is 1.65. The number of thioether (sulfide) groups is 1. The molecule has 0 spiro atoms. The Balaban J connectivity index is 3.78. The van der Waals surface area contributed by atoms with Crippen molar-refractivity contribution in [3.63, 3.8) is 0 Å². The van der Waals surface area contributed by atoms with Gasteiger partial charge in [-0.2, -0.15) is 0 Å². The van der Waals surface area contributed by atoms with Gasteiger partial charge in [0.2, 0.25) is 5.91 Å². The van der Waals surface area contributed by atoms with Crippen LogP contribution >= 0.6 is 11.8 Å². The van der Waals surface area contributed by atoms with Gasteiger partial charge >= 0.3 is 0 Å². The molecule has 0 bridgehead atoms. The zero-order valence-electron chi connectivity index (χ0n) is 12.5. The lowest BCUT2D eigenvalue weighted by Gasteiger charge is -2.21. The van der Waals surface area contributed by atoms with Crippen LogP contribution in [0.4, 0.5) is 0 Å². The van der Waals surface area contributed by atoms with Gasteiger partial charge < -0.3 is 10.2 Å². The second kappa shape index (κ2) is 8.59. The van der Waals surface area contributed by atoms with Gasteiger partial charge in [-0.05, 0) is 34.6 Å². The number of carbonyl (C=O) groups excluding carboxylic acids is 1. The van der Waals surface area contributed by atoms with Crippen molar-refractivity contribution in [3.8, 4) is 0 Å². The second-order valence-electron chi connectivity index (χ2n) is 5.41. The highest BCUT2D eigenvalue weighted by Crippen LogP contribution is 2.08. The molecule has 4 heteroatoms. The van der Waals surface area contributed by atoms with Gasteiger partial charge in [-0.15, -0.1) is 11.8 Å². The molecule has 0 unspecified atom stereocenters. The lowest BCUT2D eigenvalue weighted by atomic mass is 10.1. The van der Waals surface area contributed by atoms with Crippen LogP contribution in [-0.2, 0) is 4.79 Å². The van der Waals surface area contributed by atoms with Gasteiger partial charge in [0.15, 0.2) is 0 Å². The maximum absolute atomic E-state index is 11.8. The first-order valence-electron chi connectivity index (χ1n) is 6.57. The van der Waals surface area contributed by atoms with E-state index < -0.39 is 0 Å². The van der Waals surface area contributed by atoms with E-state index in [1.807, 2.05) is 18.7 Å². The highest BCUT2D eigenvalue weighted by atomic mass is 32.2. The molecule has 0 aromatic heterocycles. The molecule has 0 atom stereocenters. The Kier molecular flexibility index (Phi) is 8.36. The molecule has 0 aromatic rings. The topological polar surface area (TPSA) is 32.3 Å². The summed E-state index contributed by atoms with van der Waals surface area (Å²) in [6, 6.07) is 0. The first-order chi connectivity index (χ1) is 8.30. The van der Waals surface area contributed by atoms with Crippen LogP contribution in [0.2, 0.25) is 0 Å². The molecular formula is C14H28N2OS. The minimum Gasteiger partial charge on any atom is -0.343 e. The van der Waals surface area contributed by atoms with Crippen LogP contribution in [0.15, 0.2) is 12.2 Å². The van der Waals surface area contributed by atoms with Gasteiger partial charge in [-0.1, -0.05) is 12.2 Å². The number of nitrogens with zero attached hydrogens (tertiary/aromatic N) is 1. The fraction of sp³-hybridized carbons (Fsp3) is 0.786. The number of nitrogens with one attached hydrogen (secondary N) is 1. The van der Waals surface area contributed by atoms with Crippen LogP contribution in [0.1, 0.15) is 34.6 Å². The molecule has 3 nitrogen and oxygen atoms in total. The van der Waals surface area contributed by atoms with Crippen molar-refractivity contribution < 1.29 is 4.79 Å². The van der Waals surface area contributed by atoms with Crippen molar-refractivity contribution >= 4 is 17.7 Å². The second-order valence-corrected chi connectivity index (χ2v) is 6.40. The van der Waals surface area contributed by atoms with Crippen molar-refractivity contribution in [1.29, 1.82) is 0 Å². The van der Waals surface area contributed by atoms with E-state index in [4.69, 9.17) is 0 Å². The molecule has 1 N–H and O–H groups in total. The van der Waals surface area contributed by atoms with Crippen LogP contribution in [0.25, 0.3) is 0 Å². The monoisotopic (exact) mass is 272 g/mol. The molecule has 18 heavy (non-hydrogen) atoms. The summed E-state index contributed by atoms with van der Waals surface area (Å²) in [4.78, 5) is 13.6. The van der Waals surface area contributed by atoms with E-state index in [1.54, 1.807) is 11.8 Å². The zero-order valence-corrected chi connectivity index (χ0v) is 13.3. The molecule has 0 aliphatic heterocycles. The highest BCUT2D eigenvalue weighted by molar-refractivity contribution is 8.00. The Labute approximate surface area is 116 Å². The lowest BCUT2D eigenvalue weighted by Crippen LogP contribution is -2.37. The fourth-order valence-corrected chi connectivity index (χ4v) is 2.24. The van der Waals surface area contributed by atoms with Gasteiger partial charge in [-0.25, -0.2) is 0 Å². The molecule has 0 aliphatic rings. The van der Waals surface area contributed by atoms with Crippen LogP contribution < -0.4 is 5.32 Å². The average Bonchev–Trinajstić information content (AvgIpc) is 2.27. The first-order valence-corrected chi connectivity index (χ1v) is 7.72. The minimum absolute atomic E-state index is 0.116. The third-order valence-corrected chi connectivity index (χ3v) is 3.58.